The lowest BCUT2D eigenvalue weighted by Gasteiger charge is -2.30. The molecule has 0 radical (unpaired) electrons. The van der Waals surface area contributed by atoms with E-state index in [4.69, 9.17) is 0 Å². The molecule has 3 atom stereocenters. The summed E-state index contributed by atoms with van der Waals surface area (Å²) >= 11 is 2.54. The smallest absolute Gasteiger partial charge is 0.229 e. The van der Waals surface area contributed by atoms with E-state index >= 15 is 0 Å². The largest absolute Gasteiger partial charge is 0.307 e. The van der Waals surface area contributed by atoms with Crippen LogP contribution in [0.2, 0.25) is 0 Å². The molecule has 1 amide bonds. The monoisotopic (exact) mass is 369 g/mol. The van der Waals surface area contributed by atoms with Gasteiger partial charge in [-0.25, -0.2) is 0 Å². The van der Waals surface area contributed by atoms with Crippen LogP contribution in [0.1, 0.15) is 43.7 Å². The van der Waals surface area contributed by atoms with Crippen molar-refractivity contribution >= 4 is 34.2 Å². The Hall–Kier alpha value is -0.580. The predicted octanol–water partition coefficient (Wildman–Crippen LogP) is 4.05. The lowest BCUT2D eigenvalue weighted by Crippen LogP contribution is -2.43. The first-order chi connectivity index (χ1) is 9.02. The third-order valence-electron chi connectivity index (χ3n) is 4.48. The fraction of sp³-hybridized carbons (Fsp3) is 0.562. The minimum absolute atomic E-state index is 0.0652. The standard InChI is InChI=1S/C16H20INO/c1-9(2)16(19)18-14-10(3)5-4-6-11(14)12-7-8-13(17)15(12)18/h4-6,9,12-13,15H,7-8H2,1-3H3. The molecule has 102 valence electrons. The number of carbonyl (C=O) groups excluding carboxylic acids is 1. The Balaban J connectivity index is 2.14. The molecule has 19 heavy (non-hydrogen) atoms. The number of benzene rings is 1. The molecule has 0 bridgehead atoms. The second-order valence-corrected chi connectivity index (χ2v) is 7.67. The first kappa shape index (κ1) is 13.4. The van der Waals surface area contributed by atoms with Gasteiger partial charge in [-0.3, -0.25) is 4.79 Å². The number of rotatable bonds is 1. The van der Waals surface area contributed by atoms with Crippen LogP contribution < -0.4 is 4.90 Å². The second kappa shape index (κ2) is 4.76. The summed E-state index contributed by atoms with van der Waals surface area (Å²) in [7, 11) is 0. The summed E-state index contributed by atoms with van der Waals surface area (Å²) < 4.78 is 0.581. The molecule has 2 aliphatic rings. The highest BCUT2D eigenvalue weighted by Gasteiger charge is 2.49. The number of alkyl halides is 1. The van der Waals surface area contributed by atoms with Gasteiger partial charge >= 0.3 is 0 Å². The van der Waals surface area contributed by atoms with E-state index in [0.717, 1.165) is 0 Å². The number of amides is 1. The van der Waals surface area contributed by atoms with E-state index < -0.39 is 0 Å². The van der Waals surface area contributed by atoms with E-state index in [1.807, 2.05) is 13.8 Å². The Morgan fingerprint density at radius 2 is 2.11 bits per heavy atom. The first-order valence-corrected chi connectivity index (χ1v) is 8.33. The molecule has 0 spiro atoms. The molecular formula is C16H20INO. The minimum atomic E-state index is 0.0652. The van der Waals surface area contributed by atoms with Crippen molar-refractivity contribution in [2.75, 3.05) is 4.90 Å². The lowest BCUT2D eigenvalue weighted by molar-refractivity contribution is -0.121. The van der Waals surface area contributed by atoms with Crippen LogP contribution in [-0.2, 0) is 4.79 Å². The van der Waals surface area contributed by atoms with Gasteiger partial charge in [0.1, 0.15) is 0 Å². The van der Waals surface area contributed by atoms with Gasteiger partial charge in [-0.2, -0.15) is 0 Å². The van der Waals surface area contributed by atoms with E-state index in [0.29, 0.717) is 15.9 Å². The van der Waals surface area contributed by atoms with E-state index in [9.17, 15) is 4.79 Å². The van der Waals surface area contributed by atoms with Crippen LogP contribution in [0.25, 0.3) is 0 Å². The van der Waals surface area contributed by atoms with Gasteiger partial charge in [0.05, 0.1) is 11.7 Å². The number of para-hydroxylation sites is 1. The van der Waals surface area contributed by atoms with Crippen LogP contribution >= 0.6 is 22.6 Å². The molecule has 1 aliphatic carbocycles. The number of fused-ring (bicyclic) bond motifs is 3. The highest BCUT2D eigenvalue weighted by atomic mass is 127. The topological polar surface area (TPSA) is 20.3 Å². The molecule has 1 fully saturated rings. The van der Waals surface area contributed by atoms with Gasteiger partial charge < -0.3 is 4.90 Å². The van der Waals surface area contributed by atoms with Crippen molar-refractivity contribution in [2.45, 2.75) is 49.5 Å². The average molecular weight is 369 g/mol. The van der Waals surface area contributed by atoms with Crippen molar-refractivity contribution in [3.05, 3.63) is 29.3 Å². The third kappa shape index (κ3) is 1.92. The summed E-state index contributed by atoms with van der Waals surface area (Å²) in [5, 5.41) is 0. The molecule has 0 aromatic heterocycles. The van der Waals surface area contributed by atoms with Crippen molar-refractivity contribution in [2.24, 2.45) is 5.92 Å². The zero-order chi connectivity index (χ0) is 13.7. The zero-order valence-electron chi connectivity index (χ0n) is 11.7. The second-order valence-electron chi connectivity index (χ2n) is 6.07. The van der Waals surface area contributed by atoms with Gasteiger partial charge in [0.25, 0.3) is 0 Å². The lowest BCUT2D eigenvalue weighted by atomic mass is 9.96. The molecule has 3 rings (SSSR count). The van der Waals surface area contributed by atoms with Crippen LogP contribution in [0, 0.1) is 12.8 Å². The maximum Gasteiger partial charge on any atom is 0.229 e. The van der Waals surface area contributed by atoms with Crippen LogP contribution in [0.3, 0.4) is 0 Å². The predicted molar refractivity (Wildman–Crippen MR) is 87.1 cm³/mol. The van der Waals surface area contributed by atoms with Crippen molar-refractivity contribution in [3.63, 3.8) is 0 Å². The van der Waals surface area contributed by atoms with E-state index in [2.05, 4.69) is 52.6 Å². The fourth-order valence-electron chi connectivity index (χ4n) is 3.61. The molecule has 2 nitrogen and oxygen atoms in total. The maximum atomic E-state index is 12.7. The summed E-state index contributed by atoms with van der Waals surface area (Å²) in [5.74, 6) is 0.904. The molecule has 3 unspecified atom stereocenters. The van der Waals surface area contributed by atoms with Gasteiger partial charge in [-0.15, -0.1) is 0 Å². The van der Waals surface area contributed by atoms with Crippen molar-refractivity contribution < 1.29 is 4.79 Å². The molecule has 1 aliphatic heterocycles. The van der Waals surface area contributed by atoms with Gasteiger partial charge in [0, 0.05) is 15.8 Å². The Morgan fingerprint density at radius 3 is 2.79 bits per heavy atom. The fourth-order valence-corrected chi connectivity index (χ4v) is 4.79. The van der Waals surface area contributed by atoms with E-state index in [-0.39, 0.29) is 11.8 Å². The number of aryl methyl sites for hydroxylation is 1. The zero-order valence-corrected chi connectivity index (χ0v) is 13.8. The molecule has 0 saturated heterocycles. The molecule has 0 N–H and O–H groups in total. The summed E-state index contributed by atoms with van der Waals surface area (Å²) in [6, 6.07) is 6.87. The van der Waals surface area contributed by atoms with Crippen molar-refractivity contribution in [1.82, 2.24) is 0 Å². The Bertz CT molecular complexity index is 525. The van der Waals surface area contributed by atoms with Gasteiger partial charge in [-0.05, 0) is 30.9 Å². The first-order valence-electron chi connectivity index (χ1n) is 7.09. The van der Waals surface area contributed by atoms with Crippen LogP contribution in [0.5, 0.6) is 0 Å². The summed E-state index contributed by atoms with van der Waals surface area (Å²) in [6.07, 6.45) is 2.45. The normalized spacial score (nSPS) is 28.7. The summed E-state index contributed by atoms with van der Waals surface area (Å²) in [5.41, 5.74) is 3.85. The Labute approximate surface area is 128 Å². The highest BCUT2D eigenvalue weighted by Crippen LogP contribution is 2.52. The molecule has 3 heteroatoms. The van der Waals surface area contributed by atoms with Crippen LogP contribution in [-0.4, -0.2) is 15.9 Å². The van der Waals surface area contributed by atoms with Gasteiger partial charge in [-0.1, -0.05) is 54.6 Å². The van der Waals surface area contributed by atoms with E-state index in [1.165, 1.54) is 29.7 Å². The molecule has 1 aromatic rings. The third-order valence-corrected chi connectivity index (χ3v) is 5.83. The van der Waals surface area contributed by atoms with Crippen LogP contribution in [0.4, 0.5) is 5.69 Å². The Morgan fingerprint density at radius 1 is 1.37 bits per heavy atom. The van der Waals surface area contributed by atoms with Gasteiger partial charge in [0.15, 0.2) is 0 Å². The van der Waals surface area contributed by atoms with Gasteiger partial charge in [0.2, 0.25) is 5.91 Å². The molecule has 1 aromatic carbocycles. The minimum Gasteiger partial charge on any atom is -0.307 e. The van der Waals surface area contributed by atoms with E-state index in [1.54, 1.807) is 0 Å². The molecule has 1 heterocycles. The summed E-state index contributed by atoms with van der Waals surface area (Å²) in [6.45, 7) is 6.14. The quantitative estimate of drug-likeness (QED) is 0.540. The summed E-state index contributed by atoms with van der Waals surface area (Å²) in [4.78, 5) is 14.8. The number of hydrogen-bond acceptors (Lipinski definition) is 1. The SMILES string of the molecule is Cc1cccc2c1N(C(=O)C(C)C)C1C(I)CCC21. The number of carbonyl (C=O) groups is 1. The van der Waals surface area contributed by atoms with Crippen molar-refractivity contribution in [1.29, 1.82) is 0 Å². The molecule has 1 saturated carbocycles. The number of halogens is 1. The number of nitrogens with zero attached hydrogens (tertiary/aromatic N) is 1. The number of hydrogen-bond donors (Lipinski definition) is 0. The molecular weight excluding hydrogens is 349 g/mol. The van der Waals surface area contributed by atoms with Crippen LogP contribution in [0.15, 0.2) is 18.2 Å². The highest BCUT2D eigenvalue weighted by molar-refractivity contribution is 14.1. The van der Waals surface area contributed by atoms with Crippen molar-refractivity contribution in [3.8, 4) is 0 Å². The average Bonchev–Trinajstić information content (AvgIpc) is 2.89. The number of anilines is 1. The Kier molecular flexibility index (Phi) is 3.36. The maximum absolute atomic E-state index is 12.7.